The van der Waals surface area contributed by atoms with Gasteiger partial charge in [-0.2, -0.15) is 10.4 Å². The molecule has 0 aliphatic heterocycles. The molecule has 214 valence electrons. The predicted molar refractivity (Wildman–Crippen MR) is 159 cm³/mol. The van der Waals surface area contributed by atoms with Crippen LogP contribution in [-0.2, 0) is 6.54 Å². The molecule has 1 atom stereocenters. The number of benzene rings is 2. The minimum Gasteiger partial charge on any atom is -0.350 e. The lowest BCUT2D eigenvalue weighted by Crippen LogP contribution is -2.32. The molecule has 0 bridgehead atoms. The predicted octanol–water partition coefficient (Wildman–Crippen LogP) is 4.82. The Morgan fingerprint density at radius 2 is 1.91 bits per heavy atom. The lowest BCUT2D eigenvalue weighted by molar-refractivity contribution is 0.0930. The first kappa shape index (κ1) is 29.1. The zero-order valence-corrected chi connectivity index (χ0v) is 24.0. The van der Waals surface area contributed by atoms with Gasteiger partial charge in [-0.05, 0) is 73.9 Å². The molecule has 43 heavy (non-hydrogen) atoms. The van der Waals surface area contributed by atoms with Crippen LogP contribution in [-0.4, -0.2) is 37.5 Å². The van der Waals surface area contributed by atoms with E-state index in [1.54, 1.807) is 48.1 Å². The maximum atomic E-state index is 14.3. The molecule has 5 aromatic rings. The van der Waals surface area contributed by atoms with Crippen molar-refractivity contribution in [3.63, 3.8) is 0 Å². The van der Waals surface area contributed by atoms with Gasteiger partial charge in [-0.25, -0.2) is 13.9 Å². The summed E-state index contributed by atoms with van der Waals surface area (Å²) in [5.41, 5.74) is 3.90. The maximum Gasteiger partial charge on any atom is 0.268 e. The molecule has 3 aromatic heterocycles. The lowest BCUT2D eigenvalue weighted by Gasteiger charge is -2.18. The number of carbonyl (C=O) groups is 2. The van der Waals surface area contributed by atoms with E-state index in [-0.39, 0.29) is 41.0 Å². The zero-order valence-electron chi connectivity index (χ0n) is 23.2. The van der Waals surface area contributed by atoms with Gasteiger partial charge in [0.2, 0.25) is 0 Å². The summed E-state index contributed by atoms with van der Waals surface area (Å²) in [6.07, 6.45) is 3.30. The van der Waals surface area contributed by atoms with Gasteiger partial charge in [-0.3, -0.25) is 9.59 Å². The zero-order chi connectivity index (χ0) is 30.5. The number of imidazole rings is 1. The molecule has 9 nitrogen and oxygen atoms in total. The minimum atomic E-state index is -0.724. The average Bonchev–Trinajstić information content (AvgIpc) is 3.60. The van der Waals surface area contributed by atoms with Gasteiger partial charge >= 0.3 is 0 Å². The number of fused-ring (bicyclic) bond motifs is 1. The Morgan fingerprint density at radius 1 is 1.07 bits per heavy atom. The molecule has 2 N–H and O–H groups in total. The molecule has 0 unspecified atom stereocenters. The summed E-state index contributed by atoms with van der Waals surface area (Å²) < 4.78 is 17.5. The first-order valence-corrected chi connectivity index (χ1v) is 13.7. The Bertz CT molecular complexity index is 1940. The van der Waals surface area contributed by atoms with Gasteiger partial charge in [0.15, 0.2) is 5.65 Å². The fourth-order valence-electron chi connectivity index (χ4n) is 4.60. The molecule has 5 rings (SSSR count). The highest BCUT2D eigenvalue weighted by Crippen LogP contribution is 2.26. The molecular weight excluding hydrogens is 569 g/mol. The van der Waals surface area contributed by atoms with Crippen LogP contribution >= 0.6 is 11.6 Å². The molecule has 0 radical (unpaired) electrons. The van der Waals surface area contributed by atoms with E-state index in [0.717, 1.165) is 5.56 Å². The first-order chi connectivity index (χ1) is 20.8. The molecule has 0 spiro atoms. The molecule has 2 amide bonds. The van der Waals surface area contributed by atoms with E-state index < -0.39 is 17.8 Å². The second-order valence-corrected chi connectivity index (χ2v) is 10.1. The third-order valence-corrected chi connectivity index (χ3v) is 7.16. The summed E-state index contributed by atoms with van der Waals surface area (Å²) in [7, 11) is 0. The third kappa shape index (κ3) is 6.25. The highest BCUT2D eigenvalue weighted by molar-refractivity contribution is 6.31. The molecule has 3 heterocycles. The first-order valence-electron chi connectivity index (χ1n) is 13.3. The molecule has 0 saturated heterocycles. The monoisotopic (exact) mass is 593 g/mol. The molecule has 2 aromatic carbocycles. The number of amides is 2. The summed E-state index contributed by atoms with van der Waals surface area (Å²) >= 11 is 6.15. The van der Waals surface area contributed by atoms with E-state index in [2.05, 4.69) is 38.6 Å². The number of nitrogens with zero attached hydrogens (tertiary/aromatic N) is 5. The molecular formula is C32H25ClFN7O2. The van der Waals surface area contributed by atoms with Crippen LogP contribution in [0.5, 0.6) is 0 Å². The van der Waals surface area contributed by atoms with Crippen LogP contribution in [0.15, 0.2) is 73.1 Å². The SMILES string of the molecule is Cc1ccc(C(=O)NCCn2c(C#N)ccc2C(=O)N[C@@H](C)c2c(F)cccc2Cl)cc1C#Cc1cnc2cccnn12. The number of carbonyl (C=O) groups excluding carboxylic acids is 2. The van der Waals surface area contributed by atoms with Gasteiger partial charge in [-0.1, -0.05) is 29.7 Å². The van der Waals surface area contributed by atoms with Gasteiger partial charge in [0.1, 0.15) is 29.0 Å². The number of halogens is 2. The van der Waals surface area contributed by atoms with E-state index in [1.807, 2.05) is 19.1 Å². The van der Waals surface area contributed by atoms with Gasteiger partial charge in [0.05, 0.1) is 12.2 Å². The number of hydrogen-bond donors (Lipinski definition) is 2. The van der Waals surface area contributed by atoms with Crippen molar-refractivity contribution in [2.24, 2.45) is 0 Å². The highest BCUT2D eigenvalue weighted by atomic mass is 35.5. The number of nitriles is 1. The molecule has 0 saturated carbocycles. The van der Waals surface area contributed by atoms with E-state index in [9.17, 15) is 19.2 Å². The smallest absolute Gasteiger partial charge is 0.268 e. The largest absolute Gasteiger partial charge is 0.350 e. The van der Waals surface area contributed by atoms with Gasteiger partial charge in [0, 0.05) is 41.0 Å². The average molecular weight is 594 g/mol. The van der Waals surface area contributed by atoms with Crippen molar-refractivity contribution >= 4 is 29.1 Å². The summed E-state index contributed by atoms with van der Waals surface area (Å²) in [6, 6.07) is 17.5. The van der Waals surface area contributed by atoms with Crippen LogP contribution in [0, 0.1) is 35.9 Å². The summed E-state index contributed by atoms with van der Waals surface area (Å²) in [4.78, 5) is 30.4. The Kier molecular flexibility index (Phi) is 8.51. The summed E-state index contributed by atoms with van der Waals surface area (Å²) in [6.45, 7) is 3.82. The van der Waals surface area contributed by atoms with Crippen LogP contribution in [0.4, 0.5) is 4.39 Å². The number of hydrogen-bond acceptors (Lipinski definition) is 5. The normalized spacial score (nSPS) is 11.3. The summed E-state index contributed by atoms with van der Waals surface area (Å²) in [5.74, 6) is 4.79. The highest BCUT2D eigenvalue weighted by Gasteiger charge is 2.21. The molecule has 11 heteroatoms. The second kappa shape index (κ2) is 12.6. The van der Waals surface area contributed by atoms with Gasteiger partial charge < -0.3 is 15.2 Å². The standard InChI is InChI=1S/C32H25ClFN7O2/c1-20-8-9-23(17-22(20)10-11-25-19-37-29-7-4-14-38-41(25)29)31(42)36-15-16-40-24(18-35)12-13-28(40)32(43)39-21(2)30-26(33)5-3-6-27(30)34/h3-9,12-14,17,19,21H,15-16H2,1-2H3,(H,36,42)(H,39,43)/t21-/m0/s1. The number of nitrogens with one attached hydrogen (secondary N) is 2. The summed E-state index contributed by atoms with van der Waals surface area (Å²) in [5, 5.41) is 19.6. The van der Waals surface area contributed by atoms with Crippen LogP contribution in [0.1, 0.15) is 61.9 Å². The van der Waals surface area contributed by atoms with Crippen LogP contribution in [0.25, 0.3) is 5.65 Å². The Hall–Kier alpha value is -5.45. The van der Waals surface area contributed by atoms with Crippen molar-refractivity contribution in [1.29, 1.82) is 5.26 Å². The number of aryl methyl sites for hydroxylation is 1. The van der Waals surface area contributed by atoms with Crippen molar-refractivity contribution in [2.45, 2.75) is 26.4 Å². The number of aromatic nitrogens is 4. The van der Waals surface area contributed by atoms with Gasteiger partial charge in [-0.15, -0.1) is 0 Å². The van der Waals surface area contributed by atoms with E-state index in [0.29, 0.717) is 22.5 Å². The second-order valence-electron chi connectivity index (χ2n) is 9.67. The van der Waals surface area contributed by atoms with Crippen LogP contribution in [0.3, 0.4) is 0 Å². The topological polar surface area (TPSA) is 117 Å². The van der Waals surface area contributed by atoms with E-state index in [4.69, 9.17) is 11.6 Å². The quantitative estimate of drug-likeness (QED) is 0.262. The maximum absolute atomic E-state index is 14.3. The molecule has 0 aliphatic rings. The van der Waals surface area contributed by atoms with Crippen molar-refractivity contribution in [3.05, 3.63) is 123 Å². The van der Waals surface area contributed by atoms with Crippen molar-refractivity contribution in [3.8, 4) is 17.9 Å². The number of rotatable bonds is 7. The van der Waals surface area contributed by atoms with Crippen molar-refractivity contribution in [2.75, 3.05) is 6.54 Å². The van der Waals surface area contributed by atoms with E-state index >= 15 is 0 Å². The fraction of sp³-hybridized carbons (Fsp3) is 0.156. The van der Waals surface area contributed by atoms with E-state index in [1.165, 1.54) is 28.8 Å². The molecule has 0 aliphatic carbocycles. The Morgan fingerprint density at radius 3 is 2.70 bits per heavy atom. The Balaban J connectivity index is 1.26. The van der Waals surface area contributed by atoms with Crippen LogP contribution in [0.2, 0.25) is 5.02 Å². The van der Waals surface area contributed by atoms with Gasteiger partial charge in [0.25, 0.3) is 11.8 Å². The third-order valence-electron chi connectivity index (χ3n) is 6.83. The minimum absolute atomic E-state index is 0.138. The Labute approximate surface area is 251 Å². The molecule has 0 fully saturated rings. The fourth-order valence-corrected chi connectivity index (χ4v) is 4.93. The van der Waals surface area contributed by atoms with Crippen molar-refractivity contribution < 1.29 is 14.0 Å². The van der Waals surface area contributed by atoms with Crippen LogP contribution < -0.4 is 10.6 Å². The van der Waals surface area contributed by atoms with Crippen molar-refractivity contribution in [1.82, 2.24) is 29.8 Å². The lowest BCUT2D eigenvalue weighted by atomic mass is 10.0.